The number of methoxy groups -OCH3 is 1. The van der Waals surface area contributed by atoms with E-state index >= 15 is 0 Å². The Kier molecular flexibility index (Phi) is 4.39. The Balaban J connectivity index is 1.68. The third-order valence-corrected chi connectivity index (χ3v) is 4.80. The van der Waals surface area contributed by atoms with Gasteiger partial charge in [0.15, 0.2) is 0 Å². The van der Waals surface area contributed by atoms with E-state index in [1.165, 1.54) is 24.0 Å². The Morgan fingerprint density at radius 3 is 2.69 bits per heavy atom. The first kappa shape index (κ1) is 19.1. The number of ether oxygens (including phenoxy) is 1. The average Bonchev–Trinajstić information content (AvgIpc) is 3.27. The number of nitrogens with one attached hydrogen (secondary N) is 1. The van der Waals surface area contributed by atoms with Crippen molar-refractivity contribution in [3.05, 3.63) is 53.2 Å². The summed E-state index contributed by atoms with van der Waals surface area (Å²) in [5.41, 5.74) is -1.27. The van der Waals surface area contributed by atoms with E-state index in [1.807, 2.05) is 0 Å². The van der Waals surface area contributed by atoms with Crippen LogP contribution in [0.2, 0.25) is 0 Å². The number of carbonyl (C=O) groups excluding carboxylic acids is 1. The molecule has 0 amide bonds. The summed E-state index contributed by atoms with van der Waals surface area (Å²) in [5.74, 6) is -1.14. The average molecular weight is 409 g/mol. The van der Waals surface area contributed by atoms with E-state index in [9.17, 15) is 22.4 Å². The first-order chi connectivity index (χ1) is 13.7. The second-order valence-corrected chi connectivity index (χ2v) is 6.76. The number of rotatable bonds is 5. The summed E-state index contributed by atoms with van der Waals surface area (Å²) in [6.45, 7) is 0. The van der Waals surface area contributed by atoms with Crippen LogP contribution in [0.4, 0.5) is 23.4 Å². The number of fused-ring (bicyclic) bond motifs is 1. The molecule has 2 heterocycles. The lowest BCUT2D eigenvalue weighted by Crippen LogP contribution is -2.22. The van der Waals surface area contributed by atoms with Crippen molar-refractivity contribution in [2.24, 2.45) is 0 Å². The highest BCUT2D eigenvalue weighted by atomic mass is 19.4. The van der Waals surface area contributed by atoms with Crippen LogP contribution in [-0.4, -0.2) is 32.7 Å². The lowest BCUT2D eigenvalue weighted by atomic mass is 10.0. The highest BCUT2D eigenvalue weighted by Crippen LogP contribution is 2.49. The number of carbonyl (C=O) groups is 1. The maximum absolute atomic E-state index is 14.1. The molecule has 0 saturated heterocycles. The van der Waals surface area contributed by atoms with Gasteiger partial charge in [-0.05, 0) is 30.5 Å². The predicted molar refractivity (Wildman–Crippen MR) is 92.4 cm³/mol. The predicted octanol–water partition coefficient (Wildman–Crippen LogP) is 3.10. The molecule has 1 fully saturated rings. The molecular formula is C18H15F4N5O2. The van der Waals surface area contributed by atoms with Crippen LogP contribution in [0, 0.1) is 5.82 Å². The molecule has 0 aliphatic heterocycles. The van der Waals surface area contributed by atoms with Crippen molar-refractivity contribution in [1.82, 2.24) is 19.6 Å². The third kappa shape index (κ3) is 3.59. The molecule has 0 radical (unpaired) electrons. The maximum atomic E-state index is 14.1. The minimum absolute atomic E-state index is 0.0869. The molecule has 2 aromatic heterocycles. The summed E-state index contributed by atoms with van der Waals surface area (Å²) in [6, 6.07) is 4.49. The second-order valence-electron chi connectivity index (χ2n) is 6.76. The Morgan fingerprint density at radius 2 is 2.07 bits per heavy atom. The summed E-state index contributed by atoms with van der Waals surface area (Å²) >= 11 is 0. The molecule has 7 nitrogen and oxygen atoms in total. The molecule has 1 aromatic carbocycles. The number of hydrogen-bond acceptors (Lipinski definition) is 6. The van der Waals surface area contributed by atoms with Crippen molar-refractivity contribution in [2.45, 2.75) is 31.0 Å². The van der Waals surface area contributed by atoms with Crippen LogP contribution in [0.15, 0.2) is 30.6 Å². The monoisotopic (exact) mass is 409 g/mol. The standard InChI is InChI=1S/C18H15F4N5O2/c1-29-15(28)8-11-7-14(27-16(25-11)23-9-24-27)26-17(4-5-17)10-2-3-12(13(19)6-10)18(20,21)22/h2-3,6-7,9,26H,4-5,8H2,1H3. The van der Waals surface area contributed by atoms with Crippen LogP contribution in [0.5, 0.6) is 0 Å². The van der Waals surface area contributed by atoms with E-state index in [0.717, 1.165) is 12.1 Å². The van der Waals surface area contributed by atoms with Gasteiger partial charge >= 0.3 is 12.1 Å². The maximum Gasteiger partial charge on any atom is 0.419 e. The van der Waals surface area contributed by atoms with Gasteiger partial charge in [0.2, 0.25) is 0 Å². The first-order valence-electron chi connectivity index (χ1n) is 8.64. The van der Waals surface area contributed by atoms with Gasteiger partial charge in [0, 0.05) is 6.07 Å². The quantitative estimate of drug-likeness (QED) is 0.515. The molecule has 29 heavy (non-hydrogen) atoms. The van der Waals surface area contributed by atoms with Gasteiger partial charge in [0.1, 0.15) is 18.0 Å². The normalized spacial score (nSPS) is 15.3. The minimum atomic E-state index is -4.76. The van der Waals surface area contributed by atoms with Crippen LogP contribution in [0.1, 0.15) is 29.7 Å². The zero-order valence-electron chi connectivity index (χ0n) is 15.1. The lowest BCUT2D eigenvalue weighted by Gasteiger charge is -2.21. The molecule has 0 atom stereocenters. The summed E-state index contributed by atoms with van der Waals surface area (Å²) in [7, 11) is 1.26. The van der Waals surface area contributed by atoms with Crippen LogP contribution in [0.25, 0.3) is 5.78 Å². The van der Waals surface area contributed by atoms with E-state index in [2.05, 4.69) is 25.1 Å². The molecule has 0 spiro atoms. The Hall–Kier alpha value is -3.24. The van der Waals surface area contributed by atoms with E-state index in [4.69, 9.17) is 0 Å². The number of nitrogens with zero attached hydrogens (tertiary/aromatic N) is 4. The highest BCUT2D eigenvalue weighted by Gasteiger charge is 2.46. The Morgan fingerprint density at radius 1 is 1.31 bits per heavy atom. The number of halogens is 4. The van der Waals surface area contributed by atoms with E-state index in [0.29, 0.717) is 29.9 Å². The van der Waals surface area contributed by atoms with Gasteiger partial charge in [0.25, 0.3) is 5.78 Å². The Labute approximate surface area is 161 Å². The molecule has 1 saturated carbocycles. The topological polar surface area (TPSA) is 81.4 Å². The van der Waals surface area contributed by atoms with Crippen molar-refractivity contribution < 1.29 is 27.1 Å². The molecule has 4 rings (SSSR count). The van der Waals surface area contributed by atoms with Crippen molar-refractivity contribution in [3.63, 3.8) is 0 Å². The number of anilines is 1. The van der Waals surface area contributed by atoms with Crippen molar-refractivity contribution in [2.75, 3.05) is 12.4 Å². The molecule has 1 aliphatic carbocycles. The summed E-state index contributed by atoms with van der Waals surface area (Å²) in [5, 5.41) is 7.28. The van der Waals surface area contributed by atoms with Crippen molar-refractivity contribution in [3.8, 4) is 0 Å². The number of benzene rings is 1. The largest absolute Gasteiger partial charge is 0.469 e. The Bertz CT molecular complexity index is 1090. The molecule has 1 aliphatic rings. The van der Waals surface area contributed by atoms with E-state index in [-0.39, 0.29) is 12.2 Å². The van der Waals surface area contributed by atoms with E-state index < -0.39 is 29.1 Å². The summed E-state index contributed by atoms with van der Waals surface area (Å²) in [6.07, 6.45) is -2.39. The molecular weight excluding hydrogens is 394 g/mol. The fourth-order valence-electron chi connectivity index (χ4n) is 3.16. The lowest BCUT2D eigenvalue weighted by molar-refractivity contribution is -0.140. The SMILES string of the molecule is COC(=O)Cc1cc(NC2(c3ccc(C(F)(F)F)c(F)c3)CC2)n2ncnc2n1. The molecule has 1 N–H and O–H groups in total. The molecule has 0 unspecified atom stereocenters. The zero-order valence-corrected chi connectivity index (χ0v) is 15.1. The van der Waals surface area contributed by atoms with Gasteiger partial charge in [-0.15, -0.1) is 0 Å². The van der Waals surface area contributed by atoms with Crippen LogP contribution >= 0.6 is 0 Å². The smallest absolute Gasteiger partial charge is 0.419 e. The summed E-state index contributed by atoms with van der Waals surface area (Å²) < 4.78 is 58.6. The van der Waals surface area contributed by atoms with Crippen molar-refractivity contribution >= 4 is 17.6 Å². The van der Waals surface area contributed by atoms with Crippen LogP contribution in [-0.2, 0) is 27.7 Å². The summed E-state index contributed by atoms with van der Waals surface area (Å²) in [4.78, 5) is 19.8. The van der Waals surface area contributed by atoms with Gasteiger partial charge in [-0.1, -0.05) is 6.07 Å². The van der Waals surface area contributed by atoms with Gasteiger partial charge in [-0.2, -0.15) is 27.8 Å². The number of alkyl halides is 3. The third-order valence-electron chi connectivity index (χ3n) is 4.80. The van der Waals surface area contributed by atoms with Crippen LogP contribution < -0.4 is 5.32 Å². The second kappa shape index (κ2) is 6.68. The fourth-order valence-corrected chi connectivity index (χ4v) is 3.16. The highest BCUT2D eigenvalue weighted by molar-refractivity contribution is 5.72. The minimum Gasteiger partial charge on any atom is -0.469 e. The van der Waals surface area contributed by atoms with Crippen LogP contribution in [0.3, 0.4) is 0 Å². The zero-order chi connectivity index (χ0) is 20.8. The van der Waals surface area contributed by atoms with E-state index in [1.54, 1.807) is 6.07 Å². The molecule has 0 bridgehead atoms. The fraction of sp³-hybridized carbons (Fsp3) is 0.333. The van der Waals surface area contributed by atoms with Crippen molar-refractivity contribution in [1.29, 1.82) is 0 Å². The number of hydrogen-bond donors (Lipinski definition) is 1. The van der Waals surface area contributed by atoms with Gasteiger partial charge in [0.05, 0.1) is 30.3 Å². The first-order valence-corrected chi connectivity index (χ1v) is 8.64. The van der Waals surface area contributed by atoms with Gasteiger partial charge in [-0.25, -0.2) is 9.37 Å². The number of aromatic nitrogens is 4. The molecule has 11 heteroatoms. The van der Waals surface area contributed by atoms with Gasteiger partial charge < -0.3 is 10.1 Å². The van der Waals surface area contributed by atoms with Gasteiger partial charge in [-0.3, -0.25) is 4.79 Å². The number of esters is 1. The molecule has 152 valence electrons. The molecule has 3 aromatic rings.